The third-order valence-corrected chi connectivity index (χ3v) is 4.76. The third kappa shape index (κ3) is 5.30. The fourth-order valence-electron chi connectivity index (χ4n) is 3.21. The van der Waals surface area contributed by atoms with Crippen molar-refractivity contribution in [1.82, 2.24) is 9.97 Å². The standard InChI is InChI=1S/C24H17FN4O5/c25-17-10-16(11-18(12-17)29(32)33)22-14-26-23(20(27-22)9-15-5-2-1-3-6-15)28-21(24(30)31)13-19-7-4-8-34-19/h1-8,10-14H,9H2,(H,26,28)(H,30,31)/b21-13-. The van der Waals surface area contributed by atoms with Crippen molar-refractivity contribution in [3.05, 3.63) is 112 Å². The molecule has 2 N–H and O–H groups in total. The Kier molecular flexibility index (Phi) is 6.40. The van der Waals surface area contributed by atoms with E-state index in [9.17, 15) is 24.4 Å². The number of nitrogens with zero attached hydrogens (tertiary/aromatic N) is 3. The Balaban J connectivity index is 1.77. The maximum absolute atomic E-state index is 14.0. The van der Waals surface area contributed by atoms with Gasteiger partial charge in [-0.05, 0) is 23.8 Å². The van der Waals surface area contributed by atoms with Gasteiger partial charge in [-0.3, -0.25) is 10.1 Å². The topological polar surface area (TPSA) is 131 Å². The molecule has 2 aromatic carbocycles. The van der Waals surface area contributed by atoms with E-state index in [0.717, 1.165) is 17.7 Å². The van der Waals surface area contributed by atoms with Crippen molar-refractivity contribution in [2.24, 2.45) is 0 Å². The highest BCUT2D eigenvalue weighted by Crippen LogP contribution is 2.27. The van der Waals surface area contributed by atoms with E-state index < -0.39 is 22.4 Å². The van der Waals surface area contributed by atoms with E-state index in [1.165, 1.54) is 24.6 Å². The number of carboxylic acids is 1. The van der Waals surface area contributed by atoms with E-state index in [-0.39, 0.29) is 29.2 Å². The summed E-state index contributed by atoms with van der Waals surface area (Å²) in [5, 5.41) is 23.5. The van der Waals surface area contributed by atoms with Crippen LogP contribution in [-0.4, -0.2) is 26.0 Å². The zero-order chi connectivity index (χ0) is 24.1. The van der Waals surface area contributed by atoms with Gasteiger partial charge in [-0.1, -0.05) is 30.3 Å². The number of halogens is 1. The molecular formula is C24H17FN4O5. The minimum Gasteiger partial charge on any atom is -0.477 e. The summed E-state index contributed by atoms with van der Waals surface area (Å²) < 4.78 is 19.2. The largest absolute Gasteiger partial charge is 0.477 e. The van der Waals surface area contributed by atoms with Crippen molar-refractivity contribution < 1.29 is 23.6 Å². The lowest BCUT2D eigenvalue weighted by Crippen LogP contribution is -2.14. The molecule has 0 amide bonds. The molecule has 2 heterocycles. The number of aliphatic carboxylic acids is 1. The van der Waals surface area contributed by atoms with Gasteiger partial charge in [-0.2, -0.15) is 0 Å². The van der Waals surface area contributed by atoms with Crippen LogP contribution >= 0.6 is 0 Å². The van der Waals surface area contributed by atoms with Crippen molar-refractivity contribution in [2.75, 3.05) is 5.32 Å². The first-order valence-corrected chi connectivity index (χ1v) is 10.00. The first-order chi connectivity index (χ1) is 16.4. The van der Waals surface area contributed by atoms with Crippen LogP contribution in [0.2, 0.25) is 0 Å². The van der Waals surface area contributed by atoms with Gasteiger partial charge in [-0.15, -0.1) is 0 Å². The Morgan fingerprint density at radius 1 is 1.18 bits per heavy atom. The van der Waals surface area contributed by atoms with Gasteiger partial charge in [-0.25, -0.2) is 19.2 Å². The van der Waals surface area contributed by atoms with Gasteiger partial charge in [0.1, 0.15) is 17.3 Å². The predicted octanol–water partition coefficient (Wildman–Crippen LogP) is 4.91. The molecule has 0 unspecified atom stereocenters. The zero-order valence-electron chi connectivity index (χ0n) is 17.5. The van der Waals surface area contributed by atoms with Crippen molar-refractivity contribution in [1.29, 1.82) is 0 Å². The smallest absolute Gasteiger partial charge is 0.352 e. The van der Waals surface area contributed by atoms with E-state index in [0.29, 0.717) is 11.5 Å². The highest BCUT2D eigenvalue weighted by atomic mass is 19.1. The molecule has 0 bridgehead atoms. The number of benzene rings is 2. The van der Waals surface area contributed by atoms with Crippen LogP contribution in [-0.2, 0) is 11.2 Å². The maximum Gasteiger partial charge on any atom is 0.352 e. The first kappa shape index (κ1) is 22.3. The number of nitro groups is 1. The third-order valence-electron chi connectivity index (χ3n) is 4.76. The van der Waals surface area contributed by atoms with Crippen molar-refractivity contribution in [2.45, 2.75) is 6.42 Å². The summed E-state index contributed by atoms with van der Waals surface area (Å²) in [5.74, 6) is -1.54. The van der Waals surface area contributed by atoms with E-state index >= 15 is 0 Å². The number of nitro benzene ring substituents is 1. The average Bonchev–Trinajstić information content (AvgIpc) is 3.33. The van der Waals surface area contributed by atoms with Crippen LogP contribution < -0.4 is 5.32 Å². The SMILES string of the molecule is O=C(O)/C(=C/c1ccco1)Nc1ncc(-c2cc(F)cc([N+](=O)[O-])c2)nc1Cc1ccccc1. The number of rotatable bonds is 8. The monoisotopic (exact) mass is 460 g/mol. The van der Waals surface area contributed by atoms with Gasteiger partial charge in [0.25, 0.3) is 5.69 Å². The molecule has 0 spiro atoms. The summed E-state index contributed by atoms with van der Waals surface area (Å²) >= 11 is 0. The molecule has 2 aromatic heterocycles. The first-order valence-electron chi connectivity index (χ1n) is 10.00. The van der Waals surface area contributed by atoms with Crippen LogP contribution in [0.5, 0.6) is 0 Å². The van der Waals surface area contributed by atoms with E-state index in [1.54, 1.807) is 12.1 Å². The number of furan rings is 1. The molecule has 170 valence electrons. The molecule has 0 saturated carbocycles. The molecule has 34 heavy (non-hydrogen) atoms. The van der Waals surface area contributed by atoms with Gasteiger partial charge in [0.2, 0.25) is 0 Å². The normalized spacial score (nSPS) is 11.3. The fraction of sp³-hybridized carbons (Fsp3) is 0.0417. The van der Waals surface area contributed by atoms with Crippen molar-refractivity contribution in [3.63, 3.8) is 0 Å². The molecule has 0 saturated heterocycles. The number of non-ortho nitro benzene ring substituents is 1. The summed E-state index contributed by atoms with van der Waals surface area (Å²) in [6.45, 7) is 0. The highest BCUT2D eigenvalue weighted by molar-refractivity contribution is 5.95. The van der Waals surface area contributed by atoms with Crippen molar-refractivity contribution in [3.8, 4) is 11.3 Å². The number of nitrogens with one attached hydrogen (secondary N) is 1. The second kappa shape index (κ2) is 9.74. The van der Waals surface area contributed by atoms with E-state index in [1.807, 2.05) is 30.3 Å². The van der Waals surface area contributed by atoms with Crippen LogP contribution in [0.4, 0.5) is 15.9 Å². The predicted molar refractivity (Wildman–Crippen MR) is 121 cm³/mol. The number of hydrogen-bond donors (Lipinski definition) is 2. The Hall–Kier alpha value is -4.86. The lowest BCUT2D eigenvalue weighted by atomic mass is 10.1. The molecule has 0 radical (unpaired) electrons. The molecular weight excluding hydrogens is 443 g/mol. The van der Waals surface area contributed by atoms with Crippen LogP contribution in [0, 0.1) is 15.9 Å². The van der Waals surface area contributed by atoms with Crippen LogP contribution in [0.25, 0.3) is 17.3 Å². The fourth-order valence-corrected chi connectivity index (χ4v) is 3.21. The number of carboxylic acid groups (broad SMARTS) is 1. The molecule has 0 aliphatic rings. The summed E-state index contributed by atoms with van der Waals surface area (Å²) in [6, 6.07) is 15.6. The Morgan fingerprint density at radius 3 is 2.65 bits per heavy atom. The van der Waals surface area contributed by atoms with E-state index in [2.05, 4.69) is 15.3 Å². The lowest BCUT2D eigenvalue weighted by Gasteiger charge is -2.13. The molecule has 10 heteroatoms. The molecule has 0 fully saturated rings. The zero-order valence-corrected chi connectivity index (χ0v) is 17.5. The van der Waals surface area contributed by atoms with Gasteiger partial charge >= 0.3 is 5.97 Å². The second-order valence-corrected chi connectivity index (χ2v) is 7.17. The minimum atomic E-state index is -1.24. The van der Waals surface area contributed by atoms with Gasteiger partial charge in [0.05, 0.1) is 34.8 Å². The summed E-state index contributed by atoms with van der Waals surface area (Å²) in [5.41, 5.74) is 0.984. The maximum atomic E-state index is 14.0. The average molecular weight is 460 g/mol. The number of carbonyl (C=O) groups is 1. The highest BCUT2D eigenvalue weighted by Gasteiger charge is 2.17. The van der Waals surface area contributed by atoms with Crippen LogP contribution in [0.15, 0.2) is 83.2 Å². The second-order valence-electron chi connectivity index (χ2n) is 7.17. The molecule has 0 atom stereocenters. The van der Waals surface area contributed by atoms with E-state index in [4.69, 9.17) is 4.42 Å². The Labute approximate surface area is 192 Å². The molecule has 4 aromatic rings. The Morgan fingerprint density at radius 2 is 1.97 bits per heavy atom. The van der Waals surface area contributed by atoms with Crippen molar-refractivity contribution >= 4 is 23.6 Å². The number of hydrogen-bond acceptors (Lipinski definition) is 7. The quantitative estimate of drug-likeness (QED) is 0.215. The van der Waals surface area contributed by atoms with Crippen LogP contribution in [0.3, 0.4) is 0 Å². The van der Waals surface area contributed by atoms with Gasteiger partial charge in [0, 0.05) is 24.1 Å². The summed E-state index contributed by atoms with van der Waals surface area (Å²) in [4.78, 5) is 31.1. The van der Waals surface area contributed by atoms with Crippen LogP contribution in [0.1, 0.15) is 17.0 Å². The summed E-state index contributed by atoms with van der Waals surface area (Å²) in [7, 11) is 0. The molecule has 4 rings (SSSR count). The molecule has 9 nitrogen and oxygen atoms in total. The number of anilines is 1. The molecule has 0 aliphatic carbocycles. The lowest BCUT2D eigenvalue weighted by molar-refractivity contribution is -0.385. The number of aromatic nitrogens is 2. The van der Waals surface area contributed by atoms with Gasteiger partial charge < -0.3 is 14.8 Å². The molecule has 0 aliphatic heterocycles. The summed E-state index contributed by atoms with van der Waals surface area (Å²) in [6.07, 6.45) is 4.29. The Bertz CT molecular complexity index is 1370. The minimum absolute atomic E-state index is 0.165. The van der Waals surface area contributed by atoms with Gasteiger partial charge in [0.15, 0.2) is 5.82 Å².